The molecule has 0 saturated carbocycles. The lowest BCUT2D eigenvalue weighted by Gasteiger charge is -2.14. The number of aromatic carboxylic acids is 1. The van der Waals surface area contributed by atoms with Gasteiger partial charge in [0, 0.05) is 18.7 Å². The van der Waals surface area contributed by atoms with Crippen LogP contribution in [0.2, 0.25) is 0 Å². The summed E-state index contributed by atoms with van der Waals surface area (Å²) >= 11 is 0. The number of amides is 1. The van der Waals surface area contributed by atoms with Gasteiger partial charge in [0.05, 0.1) is 22.9 Å². The molecule has 0 bridgehead atoms. The molecule has 2 aliphatic rings. The summed E-state index contributed by atoms with van der Waals surface area (Å²) in [6.45, 7) is 0.727. The van der Waals surface area contributed by atoms with Crippen LogP contribution >= 0.6 is 0 Å². The van der Waals surface area contributed by atoms with Gasteiger partial charge in [-0.05, 0) is 59.9 Å². The van der Waals surface area contributed by atoms with Crippen molar-refractivity contribution >= 4 is 11.9 Å². The summed E-state index contributed by atoms with van der Waals surface area (Å²) in [6.07, 6.45) is 2.38. The Bertz CT molecular complexity index is 1160. The van der Waals surface area contributed by atoms with Gasteiger partial charge in [-0.25, -0.2) is 9.18 Å². The first-order chi connectivity index (χ1) is 14.5. The van der Waals surface area contributed by atoms with Crippen molar-refractivity contribution in [2.45, 2.75) is 25.3 Å². The molecule has 150 valence electrons. The Morgan fingerprint density at radius 1 is 1.13 bits per heavy atom. The number of carboxylic acids is 1. The van der Waals surface area contributed by atoms with E-state index in [0.717, 1.165) is 47.5 Å². The Kier molecular flexibility index (Phi) is 4.35. The molecule has 1 amide bonds. The Morgan fingerprint density at radius 3 is 2.57 bits per heavy atom. The molecular weight excluding hydrogens is 383 g/mol. The molecular formula is C24H19FN2O3. The molecule has 1 atom stereocenters. The molecule has 0 aliphatic carbocycles. The predicted molar refractivity (Wildman–Crippen MR) is 109 cm³/mol. The number of halogens is 1. The van der Waals surface area contributed by atoms with Crippen LogP contribution in [0.25, 0.3) is 11.1 Å². The smallest absolute Gasteiger partial charge is 0.335 e. The summed E-state index contributed by atoms with van der Waals surface area (Å²) in [6, 6.07) is 14.8. The highest BCUT2D eigenvalue weighted by molar-refractivity contribution is 6.05. The second kappa shape index (κ2) is 7.06. The molecule has 3 aromatic rings. The van der Waals surface area contributed by atoms with Gasteiger partial charge in [0.2, 0.25) is 0 Å². The fraction of sp³-hybridized carbons (Fsp3) is 0.208. The molecule has 1 saturated heterocycles. The zero-order chi connectivity index (χ0) is 20.8. The van der Waals surface area contributed by atoms with Crippen LogP contribution in [-0.2, 0) is 6.42 Å². The number of pyridine rings is 1. The molecule has 5 rings (SSSR count). The van der Waals surface area contributed by atoms with Gasteiger partial charge in [-0.2, -0.15) is 0 Å². The fourth-order valence-electron chi connectivity index (χ4n) is 4.45. The van der Waals surface area contributed by atoms with Crippen molar-refractivity contribution < 1.29 is 19.1 Å². The lowest BCUT2D eigenvalue weighted by Crippen LogP contribution is -2.22. The third-order valence-electron chi connectivity index (χ3n) is 5.89. The van der Waals surface area contributed by atoms with Gasteiger partial charge in [0.1, 0.15) is 5.82 Å². The van der Waals surface area contributed by atoms with Crippen molar-refractivity contribution in [1.29, 1.82) is 0 Å². The number of carboxylic acid groups (broad SMARTS) is 1. The summed E-state index contributed by atoms with van der Waals surface area (Å²) < 4.78 is 13.3. The van der Waals surface area contributed by atoms with Crippen molar-refractivity contribution in [2.75, 3.05) is 6.54 Å². The summed E-state index contributed by atoms with van der Waals surface area (Å²) in [5.74, 6) is -1.28. The Labute approximate surface area is 172 Å². The number of nitrogens with zero attached hydrogens (tertiary/aromatic N) is 2. The zero-order valence-corrected chi connectivity index (χ0v) is 16.1. The van der Waals surface area contributed by atoms with Crippen LogP contribution in [0.5, 0.6) is 0 Å². The van der Waals surface area contributed by atoms with E-state index < -0.39 is 5.97 Å². The topological polar surface area (TPSA) is 70.5 Å². The second-order valence-corrected chi connectivity index (χ2v) is 7.76. The first-order valence-corrected chi connectivity index (χ1v) is 9.94. The number of aromatic nitrogens is 1. The summed E-state index contributed by atoms with van der Waals surface area (Å²) in [7, 11) is 0. The highest BCUT2D eigenvalue weighted by atomic mass is 19.1. The van der Waals surface area contributed by atoms with Gasteiger partial charge >= 0.3 is 5.97 Å². The Balaban J connectivity index is 1.63. The first kappa shape index (κ1) is 18.5. The Hall–Kier alpha value is -3.54. The number of hydrogen-bond acceptors (Lipinski definition) is 3. The van der Waals surface area contributed by atoms with Crippen LogP contribution in [0.4, 0.5) is 4.39 Å². The van der Waals surface area contributed by atoms with Crippen LogP contribution in [-0.4, -0.2) is 33.4 Å². The zero-order valence-electron chi connectivity index (χ0n) is 16.1. The number of benzene rings is 2. The van der Waals surface area contributed by atoms with Crippen LogP contribution in [0.1, 0.15) is 56.6 Å². The Morgan fingerprint density at radius 2 is 1.87 bits per heavy atom. The van der Waals surface area contributed by atoms with E-state index in [1.807, 2.05) is 11.0 Å². The van der Waals surface area contributed by atoms with Gasteiger partial charge in [0.25, 0.3) is 5.91 Å². The average Bonchev–Trinajstić information content (AvgIpc) is 3.33. The van der Waals surface area contributed by atoms with E-state index in [2.05, 4.69) is 0 Å². The van der Waals surface area contributed by atoms with E-state index in [9.17, 15) is 19.1 Å². The lowest BCUT2D eigenvalue weighted by atomic mass is 9.94. The molecule has 2 aromatic carbocycles. The third kappa shape index (κ3) is 3.05. The minimum absolute atomic E-state index is 0.00212. The second-order valence-electron chi connectivity index (χ2n) is 7.76. The molecule has 0 unspecified atom stereocenters. The number of fused-ring (bicyclic) bond motifs is 3. The van der Waals surface area contributed by atoms with Crippen LogP contribution in [0.15, 0.2) is 54.6 Å². The number of carbonyl (C=O) groups excluding carboxylic acids is 1. The molecule has 1 aromatic heterocycles. The summed E-state index contributed by atoms with van der Waals surface area (Å²) in [4.78, 5) is 31.0. The van der Waals surface area contributed by atoms with E-state index in [1.165, 1.54) is 12.1 Å². The van der Waals surface area contributed by atoms with Gasteiger partial charge in [-0.1, -0.05) is 24.3 Å². The largest absolute Gasteiger partial charge is 0.478 e. The van der Waals surface area contributed by atoms with E-state index in [0.29, 0.717) is 12.0 Å². The number of hydrogen-bond donors (Lipinski definition) is 1. The maximum atomic E-state index is 13.3. The van der Waals surface area contributed by atoms with E-state index in [1.54, 1.807) is 36.4 Å². The van der Waals surface area contributed by atoms with E-state index in [-0.39, 0.29) is 23.3 Å². The highest BCUT2D eigenvalue weighted by Crippen LogP contribution is 2.44. The van der Waals surface area contributed by atoms with Crippen molar-refractivity contribution in [3.8, 4) is 11.1 Å². The van der Waals surface area contributed by atoms with Crippen molar-refractivity contribution in [3.63, 3.8) is 0 Å². The van der Waals surface area contributed by atoms with Crippen molar-refractivity contribution in [1.82, 2.24) is 9.88 Å². The van der Waals surface area contributed by atoms with Gasteiger partial charge < -0.3 is 10.0 Å². The number of carbonyl (C=O) groups is 2. The molecule has 1 N–H and O–H groups in total. The summed E-state index contributed by atoms with van der Waals surface area (Å²) in [5, 5.41) is 9.18. The van der Waals surface area contributed by atoms with Gasteiger partial charge in [-0.3, -0.25) is 9.78 Å². The standard InChI is InChI=1S/C24H19FN2O3/c25-17-9-3-14(4-10-17)12-18-13-19(15-5-7-16(8-6-15)24(29)30)21-22(26-18)20-2-1-11-27(20)23(21)28/h3-10,13,20H,1-2,11-12H2,(H,29,30)/t20-/m0/s1. The van der Waals surface area contributed by atoms with Crippen LogP contribution in [0.3, 0.4) is 0 Å². The molecule has 1 fully saturated rings. The third-order valence-corrected chi connectivity index (χ3v) is 5.89. The van der Waals surface area contributed by atoms with Crippen molar-refractivity contribution in [3.05, 3.63) is 88.5 Å². The number of rotatable bonds is 4. The van der Waals surface area contributed by atoms with Crippen molar-refractivity contribution in [2.24, 2.45) is 0 Å². The normalized spacial score (nSPS) is 17.2. The molecule has 0 radical (unpaired) electrons. The molecule has 6 heteroatoms. The van der Waals surface area contributed by atoms with Crippen LogP contribution in [0, 0.1) is 5.82 Å². The summed E-state index contributed by atoms with van der Waals surface area (Å²) in [5.41, 5.74) is 4.91. The minimum Gasteiger partial charge on any atom is -0.478 e. The quantitative estimate of drug-likeness (QED) is 0.699. The SMILES string of the molecule is O=C(O)c1ccc(-c2cc(Cc3ccc(F)cc3)nc3c2C(=O)N2CCC[C@@H]32)cc1. The molecule has 5 nitrogen and oxygen atoms in total. The minimum atomic E-state index is -0.991. The predicted octanol–water partition coefficient (Wildman–Crippen LogP) is 4.47. The molecule has 0 spiro atoms. The maximum absolute atomic E-state index is 13.3. The first-order valence-electron chi connectivity index (χ1n) is 9.94. The molecule has 2 aliphatic heterocycles. The average molecular weight is 402 g/mol. The highest BCUT2D eigenvalue weighted by Gasteiger charge is 2.42. The molecule has 3 heterocycles. The molecule has 30 heavy (non-hydrogen) atoms. The fourth-order valence-corrected chi connectivity index (χ4v) is 4.45. The van der Waals surface area contributed by atoms with Gasteiger partial charge in [-0.15, -0.1) is 0 Å². The lowest BCUT2D eigenvalue weighted by molar-refractivity contribution is 0.0696. The van der Waals surface area contributed by atoms with E-state index in [4.69, 9.17) is 4.98 Å². The maximum Gasteiger partial charge on any atom is 0.335 e. The van der Waals surface area contributed by atoms with E-state index >= 15 is 0 Å². The monoisotopic (exact) mass is 402 g/mol. The van der Waals surface area contributed by atoms with Gasteiger partial charge in [0.15, 0.2) is 0 Å². The van der Waals surface area contributed by atoms with Crippen LogP contribution < -0.4 is 0 Å².